The number of unbranched alkanes of at least 4 members (excludes halogenated alkanes) is 1. The number of halogens is 1. The maximum atomic E-state index is 8.32. The van der Waals surface area contributed by atoms with Crippen LogP contribution in [0.5, 0.6) is 0 Å². The summed E-state index contributed by atoms with van der Waals surface area (Å²) in [6, 6.07) is 0. The first-order valence-corrected chi connectivity index (χ1v) is 3.69. The van der Waals surface area contributed by atoms with E-state index in [2.05, 4.69) is 21.7 Å². The molecule has 0 unspecified atom stereocenters. The second-order valence-corrected chi connectivity index (χ2v) is 1.89. The molecule has 48 valence electrons. The molecule has 0 saturated heterocycles. The summed E-state index contributed by atoms with van der Waals surface area (Å²) >= 11 is 1.94. The van der Waals surface area contributed by atoms with Crippen LogP contribution >= 0.6 is 22.6 Å². The molecule has 0 saturated carbocycles. The highest BCUT2D eigenvalue weighted by Crippen LogP contribution is 1.81. The zero-order valence-corrected chi connectivity index (χ0v) is 7.10. The molecule has 0 heterocycles. The van der Waals surface area contributed by atoms with E-state index < -0.39 is 0 Å². The van der Waals surface area contributed by atoms with Crippen LogP contribution in [0.25, 0.3) is 0 Å². The van der Waals surface area contributed by atoms with Gasteiger partial charge in [0.2, 0.25) is 0 Å². The predicted molar refractivity (Wildman–Crippen MR) is 45.9 cm³/mol. The van der Waals surface area contributed by atoms with E-state index in [4.69, 9.17) is 5.11 Å². The van der Waals surface area contributed by atoms with Crippen molar-refractivity contribution in [2.45, 2.75) is 12.8 Å². The Morgan fingerprint density at radius 1 is 1.33 bits per heavy atom. The summed E-state index contributed by atoms with van der Waals surface area (Å²) in [7, 11) is 0. The number of aliphatic hydroxyl groups is 1. The van der Waals surface area contributed by atoms with Crippen molar-refractivity contribution in [1.82, 2.24) is 0 Å². The Morgan fingerprint density at radius 2 is 2.11 bits per heavy atom. The van der Waals surface area contributed by atoms with Gasteiger partial charge in [-0.05, 0) is 22.2 Å². The molecule has 2 heteroatoms. The Bertz CT molecular complexity index is 165. The van der Waals surface area contributed by atoms with Gasteiger partial charge in [-0.1, -0.05) is 5.92 Å². The third-order valence-corrected chi connectivity index (χ3v) is 0.928. The second kappa shape index (κ2) is 7.81. The summed E-state index contributed by atoms with van der Waals surface area (Å²) in [5.41, 5.74) is 0. The van der Waals surface area contributed by atoms with E-state index in [1.165, 1.54) is 0 Å². The predicted octanol–water partition coefficient (Wildman–Crippen LogP) is 1.16. The zero-order valence-electron chi connectivity index (χ0n) is 4.95. The van der Waals surface area contributed by atoms with Gasteiger partial charge in [0.15, 0.2) is 0 Å². The summed E-state index contributed by atoms with van der Waals surface area (Å²) in [4.78, 5) is 0. The standard InChI is InChI=1S/C7H7IO/c8-6-4-2-1-3-5-7-9/h9H,3,5,7H2. The maximum Gasteiger partial charge on any atom is 0.0440 e. The summed E-state index contributed by atoms with van der Waals surface area (Å²) in [6.45, 7) is 0.215. The van der Waals surface area contributed by atoms with Gasteiger partial charge in [-0.2, -0.15) is 0 Å². The quantitative estimate of drug-likeness (QED) is 0.431. The molecule has 1 N–H and O–H groups in total. The lowest BCUT2D eigenvalue weighted by atomic mass is 10.3. The van der Waals surface area contributed by atoms with Crippen molar-refractivity contribution in [1.29, 1.82) is 0 Å². The van der Waals surface area contributed by atoms with Crippen LogP contribution in [0.4, 0.5) is 0 Å². The number of hydrogen-bond donors (Lipinski definition) is 1. The normalized spacial score (nSPS) is 6.44. The van der Waals surface area contributed by atoms with E-state index in [0.717, 1.165) is 12.8 Å². The van der Waals surface area contributed by atoms with Crippen LogP contribution in [0.15, 0.2) is 0 Å². The Balaban J connectivity index is 3.23. The number of aliphatic hydroxyl groups excluding tert-OH is 1. The minimum absolute atomic E-state index is 0.215. The molecule has 0 aliphatic heterocycles. The molecule has 0 rings (SSSR count). The van der Waals surface area contributed by atoms with Gasteiger partial charge >= 0.3 is 0 Å². The van der Waals surface area contributed by atoms with Crippen LogP contribution < -0.4 is 0 Å². The summed E-state index contributed by atoms with van der Waals surface area (Å²) in [5.74, 6) is 8.04. The SMILES string of the molecule is OCCCC#CC#CI. The van der Waals surface area contributed by atoms with Gasteiger partial charge in [0.1, 0.15) is 0 Å². The fraction of sp³-hybridized carbons (Fsp3) is 0.429. The summed E-state index contributed by atoms with van der Waals surface area (Å²) in [5, 5.41) is 8.32. The molecule has 0 aliphatic carbocycles. The molecule has 0 amide bonds. The first kappa shape index (κ1) is 8.81. The molecule has 9 heavy (non-hydrogen) atoms. The van der Waals surface area contributed by atoms with E-state index in [0.29, 0.717) is 0 Å². The molecule has 0 aromatic heterocycles. The lowest BCUT2D eigenvalue weighted by Gasteiger charge is -1.80. The number of rotatable bonds is 2. The molecule has 0 aromatic carbocycles. The van der Waals surface area contributed by atoms with E-state index in [1.807, 2.05) is 22.6 Å². The van der Waals surface area contributed by atoms with Crippen LogP contribution in [0, 0.1) is 21.7 Å². The highest BCUT2D eigenvalue weighted by atomic mass is 127. The molecule has 0 aromatic rings. The molecular weight excluding hydrogens is 227 g/mol. The summed E-state index contributed by atoms with van der Waals surface area (Å²) in [6.07, 6.45) is 1.48. The van der Waals surface area contributed by atoms with E-state index >= 15 is 0 Å². The van der Waals surface area contributed by atoms with Crippen LogP contribution in [0.3, 0.4) is 0 Å². The van der Waals surface area contributed by atoms with Gasteiger partial charge in [-0.15, -0.1) is 0 Å². The Hall–Kier alpha value is -0.190. The van der Waals surface area contributed by atoms with Crippen LogP contribution in [-0.4, -0.2) is 11.7 Å². The Morgan fingerprint density at radius 3 is 2.67 bits per heavy atom. The smallest absolute Gasteiger partial charge is 0.0440 e. The molecular formula is C7H7IO. The van der Waals surface area contributed by atoms with Gasteiger partial charge in [-0.3, -0.25) is 0 Å². The molecule has 0 fully saturated rings. The van der Waals surface area contributed by atoms with E-state index in [9.17, 15) is 0 Å². The van der Waals surface area contributed by atoms with Crippen LogP contribution in [0.2, 0.25) is 0 Å². The second-order valence-electron chi connectivity index (χ2n) is 1.35. The van der Waals surface area contributed by atoms with Crippen LogP contribution in [-0.2, 0) is 0 Å². The Labute approximate surface area is 69.0 Å². The van der Waals surface area contributed by atoms with E-state index in [1.54, 1.807) is 0 Å². The van der Waals surface area contributed by atoms with Crippen molar-refractivity contribution in [2.24, 2.45) is 0 Å². The van der Waals surface area contributed by atoms with Crippen molar-refractivity contribution in [3.8, 4) is 21.7 Å². The number of hydrogen-bond acceptors (Lipinski definition) is 1. The minimum Gasteiger partial charge on any atom is -0.396 e. The Kier molecular flexibility index (Phi) is 7.65. The maximum absolute atomic E-state index is 8.32. The molecule has 0 bridgehead atoms. The van der Waals surface area contributed by atoms with Crippen LogP contribution in [0.1, 0.15) is 12.8 Å². The average Bonchev–Trinajstić information content (AvgIpc) is 1.89. The summed E-state index contributed by atoms with van der Waals surface area (Å²) < 4.78 is 2.63. The van der Waals surface area contributed by atoms with Gasteiger partial charge in [0, 0.05) is 35.6 Å². The molecule has 0 radical (unpaired) electrons. The van der Waals surface area contributed by atoms with Crippen molar-refractivity contribution < 1.29 is 5.11 Å². The molecule has 1 nitrogen and oxygen atoms in total. The van der Waals surface area contributed by atoms with Crippen molar-refractivity contribution in [3.05, 3.63) is 0 Å². The third kappa shape index (κ3) is 7.81. The van der Waals surface area contributed by atoms with Gasteiger partial charge in [0.25, 0.3) is 0 Å². The zero-order chi connectivity index (χ0) is 6.95. The first-order chi connectivity index (χ1) is 4.41. The van der Waals surface area contributed by atoms with Crippen molar-refractivity contribution >= 4 is 22.6 Å². The third-order valence-electron chi connectivity index (χ3n) is 0.658. The fourth-order valence-corrected chi connectivity index (χ4v) is 0.433. The molecule has 0 aliphatic rings. The van der Waals surface area contributed by atoms with Crippen molar-refractivity contribution in [3.63, 3.8) is 0 Å². The molecule has 0 spiro atoms. The van der Waals surface area contributed by atoms with Gasteiger partial charge < -0.3 is 5.11 Å². The monoisotopic (exact) mass is 234 g/mol. The lowest BCUT2D eigenvalue weighted by Crippen LogP contribution is -1.77. The lowest BCUT2D eigenvalue weighted by molar-refractivity contribution is 0.290. The average molecular weight is 234 g/mol. The highest BCUT2D eigenvalue weighted by molar-refractivity contribution is 14.1. The fourth-order valence-electron chi connectivity index (χ4n) is 0.298. The largest absolute Gasteiger partial charge is 0.396 e. The van der Waals surface area contributed by atoms with Gasteiger partial charge in [0.05, 0.1) is 0 Å². The van der Waals surface area contributed by atoms with E-state index in [-0.39, 0.29) is 6.61 Å². The minimum atomic E-state index is 0.215. The topological polar surface area (TPSA) is 20.2 Å². The van der Waals surface area contributed by atoms with Gasteiger partial charge in [-0.25, -0.2) is 0 Å². The highest BCUT2D eigenvalue weighted by Gasteiger charge is 1.74. The van der Waals surface area contributed by atoms with Crippen molar-refractivity contribution in [2.75, 3.05) is 6.61 Å². The first-order valence-electron chi connectivity index (χ1n) is 2.61. The molecule has 0 atom stereocenters.